The van der Waals surface area contributed by atoms with E-state index in [1.807, 2.05) is 30.3 Å². The first-order valence-corrected chi connectivity index (χ1v) is 7.85. The fraction of sp³-hybridized carbons (Fsp3) is 0.167. The van der Waals surface area contributed by atoms with Crippen LogP contribution in [0.5, 0.6) is 5.88 Å². The maximum absolute atomic E-state index is 11.8. The van der Waals surface area contributed by atoms with Crippen LogP contribution in [0.15, 0.2) is 55.0 Å². The number of nitrogens with one attached hydrogen (secondary N) is 2. The summed E-state index contributed by atoms with van der Waals surface area (Å²) in [5.41, 5.74) is 2.27. The molecule has 1 aromatic carbocycles. The first-order chi connectivity index (χ1) is 12.3. The minimum Gasteiger partial charge on any atom is -0.477 e. The summed E-state index contributed by atoms with van der Waals surface area (Å²) in [6.45, 7) is 0.261. The van der Waals surface area contributed by atoms with E-state index in [9.17, 15) is 4.79 Å². The predicted octanol–water partition coefficient (Wildman–Crippen LogP) is 2.07. The van der Waals surface area contributed by atoms with Crippen LogP contribution in [0, 0.1) is 0 Å². The number of fused-ring (bicyclic) bond motifs is 1. The van der Waals surface area contributed by atoms with Crippen molar-refractivity contribution in [1.29, 1.82) is 0 Å². The van der Waals surface area contributed by atoms with Gasteiger partial charge in [-0.1, -0.05) is 36.4 Å². The number of rotatable bonds is 7. The highest BCUT2D eigenvalue weighted by molar-refractivity contribution is 6.06. The van der Waals surface area contributed by atoms with Crippen molar-refractivity contribution < 1.29 is 14.6 Å². The highest BCUT2D eigenvalue weighted by Gasteiger charge is 2.13. The quantitative estimate of drug-likeness (QED) is 0.573. The molecule has 7 heteroatoms. The smallest absolute Gasteiger partial charge is 0.248 e. The van der Waals surface area contributed by atoms with E-state index < -0.39 is 0 Å². The lowest BCUT2D eigenvalue weighted by Gasteiger charge is -2.08. The number of carbonyl (C=O) groups excluding carboxylic acids is 1. The Hall–Kier alpha value is -3.19. The number of H-pyrrole nitrogens is 1. The van der Waals surface area contributed by atoms with Crippen LogP contribution in [0.1, 0.15) is 5.56 Å². The molecule has 2 heterocycles. The van der Waals surface area contributed by atoms with Crippen molar-refractivity contribution >= 4 is 22.6 Å². The summed E-state index contributed by atoms with van der Waals surface area (Å²) >= 11 is 0. The molecule has 0 saturated carbocycles. The van der Waals surface area contributed by atoms with Crippen molar-refractivity contribution in [3.63, 3.8) is 0 Å². The van der Waals surface area contributed by atoms with E-state index in [1.165, 1.54) is 24.0 Å². The lowest BCUT2D eigenvalue weighted by Crippen LogP contribution is -2.08. The van der Waals surface area contributed by atoms with Crippen molar-refractivity contribution in [3.8, 4) is 5.88 Å². The van der Waals surface area contributed by atoms with Gasteiger partial charge in [-0.2, -0.15) is 0 Å². The van der Waals surface area contributed by atoms with Crippen LogP contribution in [0.25, 0.3) is 11.0 Å². The van der Waals surface area contributed by atoms with Gasteiger partial charge >= 0.3 is 0 Å². The van der Waals surface area contributed by atoms with Gasteiger partial charge in [-0.15, -0.1) is 0 Å². The molecule has 0 spiro atoms. The van der Waals surface area contributed by atoms with Crippen molar-refractivity contribution in [3.05, 3.63) is 60.6 Å². The number of aromatic nitrogens is 3. The second-order valence-electron chi connectivity index (χ2n) is 5.26. The van der Waals surface area contributed by atoms with Gasteiger partial charge in [-0.25, -0.2) is 9.97 Å². The lowest BCUT2D eigenvalue weighted by molar-refractivity contribution is -0.111. The summed E-state index contributed by atoms with van der Waals surface area (Å²) in [5, 5.41) is 12.1. The zero-order valence-corrected chi connectivity index (χ0v) is 13.5. The SMILES string of the molecule is O=C(C=CCO)Nc1c[nH]c2ncnc(OCCc3ccccc3)c12. The standard InChI is InChI=1S/C18H18N4O3/c23-9-4-7-15(24)22-14-11-19-17-16(14)18(21-12-20-17)25-10-8-13-5-2-1-3-6-13/h1-7,11-12,23H,8-10H2,(H,22,24)(H,19,20,21). The Bertz CT molecular complexity index is 874. The molecule has 0 atom stereocenters. The number of ether oxygens (including phenoxy) is 1. The fourth-order valence-corrected chi connectivity index (χ4v) is 2.39. The zero-order valence-electron chi connectivity index (χ0n) is 13.5. The van der Waals surface area contributed by atoms with Gasteiger partial charge in [0, 0.05) is 18.7 Å². The monoisotopic (exact) mass is 338 g/mol. The Morgan fingerprint density at radius 3 is 2.92 bits per heavy atom. The van der Waals surface area contributed by atoms with Crippen LogP contribution in [0.3, 0.4) is 0 Å². The molecule has 0 bridgehead atoms. The third kappa shape index (κ3) is 4.21. The number of hydrogen-bond acceptors (Lipinski definition) is 5. The molecule has 7 nitrogen and oxygen atoms in total. The van der Waals surface area contributed by atoms with Crippen LogP contribution >= 0.6 is 0 Å². The van der Waals surface area contributed by atoms with Crippen molar-refractivity contribution in [2.45, 2.75) is 6.42 Å². The predicted molar refractivity (Wildman–Crippen MR) is 94.4 cm³/mol. The average Bonchev–Trinajstić information content (AvgIpc) is 3.05. The van der Waals surface area contributed by atoms with E-state index in [1.54, 1.807) is 6.20 Å². The number of hydrogen-bond donors (Lipinski definition) is 3. The van der Waals surface area contributed by atoms with E-state index in [2.05, 4.69) is 20.3 Å². The molecule has 0 unspecified atom stereocenters. The Balaban J connectivity index is 1.75. The van der Waals surface area contributed by atoms with Gasteiger partial charge in [-0.05, 0) is 5.56 Å². The van der Waals surface area contributed by atoms with Gasteiger partial charge in [0.1, 0.15) is 17.4 Å². The third-order valence-corrected chi connectivity index (χ3v) is 3.54. The van der Waals surface area contributed by atoms with Crippen LogP contribution in [-0.2, 0) is 11.2 Å². The van der Waals surface area contributed by atoms with Crippen LogP contribution in [-0.4, -0.2) is 39.2 Å². The molecule has 1 amide bonds. The summed E-state index contributed by atoms with van der Waals surface area (Å²) in [4.78, 5) is 23.1. The zero-order chi connectivity index (χ0) is 17.5. The van der Waals surface area contributed by atoms with Crippen LogP contribution in [0.4, 0.5) is 5.69 Å². The molecule has 0 aliphatic carbocycles. The lowest BCUT2D eigenvalue weighted by atomic mass is 10.2. The molecule has 0 fully saturated rings. The molecule has 25 heavy (non-hydrogen) atoms. The number of aliphatic hydroxyl groups excluding tert-OH is 1. The molecule has 0 aliphatic rings. The number of amides is 1. The van der Waals surface area contributed by atoms with Crippen molar-refractivity contribution in [1.82, 2.24) is 15.0 Å². The second-order valence-corrected chi connectivity index (χ2v) is 5.26. The fourth-order valence-electron chi connectivity index (χ4n) is 2.39. The molecule has 3 rings (SSSR count). The Morgan fingerprint density at radius 2 is 2.12 bits per heavy atom. The summed E-state index contributed by atoms with van der Waals surface area (Å²) in [5.74, 6) is 0.0534. The molecule has 3 aromatic rings. The average molecular weight is 338 g/mol. The molecular weight excluding hydrogens is 320 g/mol. The summed E-state index contributed by atoms with van der Waals surface area (Å²) in [6, 6.07) is 10.0. The first-order valence-electron chi connectivity index (χ1n) is 7.85. The molecule has 0 radical (unpaired) electrons. The van der Waals surface area contributed by atoms with Crippen LogP contribution in [0.2, 0.25) is 0 Å². The molecule has 2 aromatic heterocycles. The number of anilines is 1. The maximum Gasteiger partial charge on any atom is 0.248 e. The van der Waals surface area contributed by atoms with E-state index in [0.29, 0.717) is 29.2 Å². The van der Waals surface area contributed by atoms with Gasteiger partial charge < -0.3 is 20.1 Å². The summed E-state index contributed by atoms with van der Waals surface area (Å²) < 4.78 is 5.80. The molecule has 128 valence electrons. The summed E-state index contributed by atoms with van der Waals surface area (Å²) in [6.07, 6.45) is 6.41. The van der Waals surface area contributed by atoms with Gasteiger partial charge in [0.15, 0.2) is 0 Å². The van der Waals surface area contributed by atoms with E-state index in [0.717, 1.165) is 6.42 Å². The number of carbonyl (C=O) groups is 1. The second kappa shape index (κ2) is 8.07. The first kappa shape index (κ1) is 16.7. The minimum absolute atomic E-state index is 0.196. The number of aromatic amines is 1. The van der Waals surface area contributed by atoms with Gasteiger partial charge in [0.2, 0.25) is 11.8 Å². The van der Waals surface area contributed by atoms with Gasteiger partial charge in [0.05, 0.1) is 18.9 Å². The Morgan fingerprint density at radius 1 is 1.28 bits per heavy atom. The maximum atomic E-state index is 11.8. The molecular formula is C18H18N4O3. The largest absolute Gasteiger partial charge is 0.477 e. The topological polar surface area (TPSA) is 100 Å². The summed E-state index contributed by atoms with van der Waals surface area (Å²) in [7, 11) is 0. The highest BCUT2D eigenvalue weighted by atomic mass is 16.5. The highest BCUT2D eigenvalue weighted by Crippen LogP contribution is 2.29. The molecule has 3 N–H and O–H groups in total. The van der Waals surface area contributed by atoms with Crippen molar-refractivity contribution in [2.24, 2.45) is 0 Å². The van der Waals surface area contributed by atoms with Gasteiger partial charge in [-0.3, -0.25) is 4.79 Å². The third-order valence-electron chi connectivity index (χ3n) is 3.54. The number of benzene rings is 1. The van der Waals surface area contributed by atoms with E-state index >= 15 is 0 Å². The van der Waals surface area contributed by atoms with Crippen molar-refractivity contribution in [2.75, 3.05) is 18.5 Å². The Kier molecular flexibility index (Phi) is 5.38. The minimum atomic E-state index is -0.353. The molecule has 0 aliphatic heterocycles. The number of nitrogens with zero attached hydrogens (tertiary/aromatic N) is 2. The molecule has 0 saturated heterocycles. The van der Waals surface area contributed by atoms with Gasteiger partial charge in [0.25, 0.3) is 0 Å². The van der Waals surface area contributed by atoms with Crippen LogP contribution < -0.4 is 10.1 Å². The van der Waals surface area contributed by atoms with E-state index in [4.69, 9.17) is 9.84 Å². The Labute approximate surface area is 144 Å². The van der Waals surface area contributed by atoms with E-state index in [-0.39, 0.29) is 12.5 Å². The normalized spacial score (nSPS) is 11.1. The number of aliphatic hydroxyl groups is 1.